The molecule has 2 nitrogen and oxygen atoms in total. The van der Waals surface area contributed by atoms with Gasteiger partial charge in [-0.15, -0.1) is 0 Å². The van der Waals surface area contributed by atoms with E-state index in [1.165, 1.54) is 23.9 Å². The normalized spacial score (nSPS) is 21.3. The zero-order valence-electron chi connectivity index (χ0n) is 5.88. The van der Waals surface area contributed by atoms with Crippen LogP contribution in [0.3, 0.4) is 0 Å². The van der Waals surface area contributed by atoms with Gasteiger partial charge in [0.25, 0.3) is 0 Å². The predicted molar refractivity (Wildman–Crippen MR) is 48.1 cm³/mol. The molecule has 0 aromatic carbocycles. The number of hydrogen-bond donors (Lipinski definition) is 2. The summed E-state index contributed by atoms with van der Waals surface area (Å²) in [6.07, 6.45) is 2.49. The first-order valence-corrected chi connectivity index (χ1v) is 5.36. The van der Waals surface area contributed by atoms with E-state index in [0.717, 1.165) is 25.6 Å². The summed E-state index contributed by atoms with van der Waals surface area (Å²) in [4.78, 5) is 0. The van der Waals surface area contributed by atoms with E-state index in [1.54, 1.807) is 0 Å². The van der Waals surface area contributed by atoms with E-state index in [1.807, 2.05) is 0 Å². The number of rotatable bonds is 3. The molecule has 10 heavy (non-hydrogen) atoms. The Hall–Kier alpha value is 0.620. The first kappa shape index (κ1) is 8.71. The summed E-state index contributed by atoms with van der Waals surface area (Å²) in [6, 6.07) is 0. The number of hydrogen-bond acceptors (Lipinski definition) is 4. The summed E-state index contributed by atoms with van der Waals surface area (Å²) in [5.41, 5.74) is 0. The van der Waals surface area contributed by atoms with Crippen LogP contribution in [0.4, 0.5) is 0 Å². The van der Waals surface area contributed by atoms with Crippen LogP contribution in [-0.2, 0) is 4.18 Å². The summed E-state index contributed by atoms with van der Waals surface area (Å²) in [7, 11) is 0. The van der Waals surface area contributed by atoms with Gasteiger partial charge in [0.2, 0.25) is 0 Å². The minimum atomic E-state index is 0.751. The highest BCUT2D eigenvalue weighted by Crippen LogP contribution is 2.16. The second-order valence-corrected chi connectivity index (χ2v) is 3.38. The largest absolute Gasteiger partial charge is 0.317 e. The molecule has 0 radical (unpaired) electrons. The van der Waals surface area contributed by atoms with Crippen molar-refractivity contribution in [2.24, 2.45) is 5.92 Å². The molecule has 1 aliphatic rings. The van der Waals surface area contributed by atoms with Gasteiger partial charge in [-0.25, -0.2) is 0 Å². The molecule has 0 aromatic rings. The molecule has 1 aliphatic heterocycles. The molecule has 1 heterocycles. The third-order valence-electron chi connectivity index (χ3n) is 1.82. The van der Waals surface area contributed by atoms with Crippen molar-refractivity contribution in [2.45, 2.75) is 12.8 Å². The monoisotopic (exact) mass is 179 g/mol. The smallest absolute Gasteiger partial charge is 0.0653 e. The molecule has 0 aliphatic carbocycles. The topological polar surface area (TPSA) is 21.3 Å². The number of thiol groups is 1. The van der Waals surface area contributed by atoms with Gasteiger partial charge in [0.05, 0.1) is 17.7 Å². The Kier molecular flexibility index (Phi) is 4.61. The van der Waals surface area contributed by atoms with Gasteiger partial charge in [0.15, 0.2) is 0 Å². The lowest BCUT2D eigenvalue weighted by molar-refractivity contribution is 0.245. The van der Waals surface area contributed by atoms with E-state index in [-0.39, 0.29) is 0 Å². The molecule has 4 heteroatoms. The summed E-state index contributed by atoms with van der Waals surface area (Å²) in [6.45, 7) is 3.15. The molecular formula is C6H13NOS2. The van der Waals surface area contributed by atoms with Gasteiger partial charge in [-0.05, 0) is 31.8 Å². The van der Waals surface area contributed by atoms with E-state index in [9.17, 15) is 0 Å². The third-order valence-corrected chi connectivity index (χ3v) is 2.37. The fourth-order valence-electron chi connectivity index (χ4n) is 1.18. The molecule has 1 saturated heterocycles. The fraction of sp³-hybridized carbons (Fsp3) is 1.00. The van der Waals surface area contributed by atoms with Crippen LogP contribution in [0.5, 0.6) is 0 Å². The van der Waals surface area contributed by atoms with Crippen molar-refractivity contribution in [1.82, 2.24) is 5.32 Å². The van der Waals surface area contributed by atoms with Crippen LogP contribution < -0.4 is 5.32 Å². The molecule has 1 rings (SSSR count). The summed E-state index contributed by atoms with van der Waals surface area (Å²) in [5.74, 6) is 0.751. The molecule has 0 amide bonds. The van der Waals surface area contributed by atoms with Crippen molar-refractivity contribution < 1.29 is 4.18 Å². The van der Waals surface area contributed by atoms with Gasteiger partial charge in [-0.2, -0.15) is 0 Å². The maximum absolute atomic E-state index is 5.13. The molecule has 0 aromatic heterocycles. The summed E-state index contributed by atoms with van der Waals surface area (Å²) < 4.78 is 5.13. The Morgan fingerprint density at radius 3 is 2.80 bits per heavy atom. The second kappa shape index (κ2) is 5.29. The molecule has 0 bridgehead atoms. The van der Waals surface area contributed by atoms with E-state index in [0.29, 0.717) is 0 Å². The first-order chi connectivity index (χ1) is 4.93. The van der Waals surface area contributed by atoms with E-state index < -0.39 is 0 Å². The van der Waals surface area contributed by atoms with Crippen molar-refractivity contribution in [3.8, 4) is 0 Å². The Labute approximate surface area is 71.1 Å². The molecule has 1 N–H and O–H groups in total. The zero-order chi connectivity index (χ0) is 7.23. The van der Waals surface area contributed by atoms with Crippen LogP contribution in [0.1, 0.15) is 12.8 Å². The molecule has 60 valence electrons. The van der Waals surface area contributed by atoms with Gasteiger partial charge < -0.3 is 9.50 Å². The predicted octanol–water partition coefficient (Wildman–Crippen LogP) is 1.50. The van der Waals surface area contributed by atoms with E-state index >= 15 is 0 Å². The molecule has 0 unspecified atom stereocenters. The van der Waals surface area contributed by atoms with Crippen LogP contribution in [-0.4, -0.2) is 19.7 Å². The summed E-state index contributed by atoms with van der Waals surface area (Å²) >= 11 is 5.07. The minimum absolute atomic E-state index is 0.751. The van der Waals surface area contributed by atoms with E-state index in [2.05, 4.69) is 17.0 Å². The minimum Gasteiger partial charge on any atom is -0.317 e. The zero-order valence-corrected chi connectivity index (χ0v) is 7.59. The average Bonchev–Trinajstić information content (AvgIpc) is 2.03. The van der Waals surface area contributed by atoms with Crippen LogP contribution in [0, 0.1) is 5.92 Å². The van der Waals surface area contributed by atoms with Gasteiger partial charge in [-0.1, -0.05) is 11.7 Å². The number of nitrogens with one attached hydrogen (secondary N) is 1. The van der Waals surface area contributed by atoms with Gasteiger partial charge in [0.1, 0.15) is 0 Å². The van der Waals surface area contributed by atoms with E-state index in [4.69, 9.17) is 4.18 Å². The average molecular weight is 179 g/mol. The second-order valence-electron chi connectivity index (χ2n) is 2.55. The molecule has 0 spiro atoms. The van der Waals surface area contributed by atoms with Crippen LogP contribution in [0.25, 0.3) is 0 Å². The highest BCUT2D eigenvalue weighted by molar-refractivity contribution is 8.66. The lowest BCUT2D eigenvalue weighted by atomic mass is 10.00. The van der Waals surface area contributed by atoms with Crippen molar-refractivity contribution >= 4 is 22.7 Å². The highest BCUT2D eigenvalue weighted by Gasteiger charge is 2.12. The Morgan fingerprint density at radius 2 is 2.20 bits per heavy atom. The number of piperidine rings is 1. The van der Waals surface area contributed by atoms with Crippen LogP contribution >= 0.6 is 22.7 Å². The van der Waals surface area contributed by atoms with Crippen molar-refractivity contribution in [3.05, 3.63) is 0 Å². The lowest BCUT2D eigenvalue weighted by Crippen LogP contribution is -2.29. The first-order valence-electron chi connectivity index (χ1n) is 3.57. The Balaban J connectivity index is 2.02. The van der Waals surface area contributed by atoms with Gasteiger partial charge >= 0.3 is 0 Å². The Morgan fingerprint density at radius 1 is 1.50 bits per heavy atom. The van der Waals surface area contributed by atoms with Gasteiger partial charge in [-0.3, -0.25) is 0 Å². The molecular weight excluding hydrogens is 166 g/mol. The van der Waals surface area contributed by atoms with Crippen molar-refractivity contribution in [3.63, 3.8) is 0 Å². The maximum Gasteiger partial charge on any atom is 0.0653 e. The highest BCUT2D eigenvalue weighted by atomic mass is 33.1. The maximum atomic E-state index is 5.13. The molecule has 0 atom stereocenters. The fourth-order valence-corrected chi connectivity index (χ4v) is 1.61. The SMILES string of the molecule is SSOCC1CCNCC1. The quantitative estimate of drug-likeness (QED) is 0.389. The van der Waals surface area contributed by atoms with Crippen molar-refractivity contribution in [1.29, 1.82) is 0 Å². The van der Waals surface area contributed by atoms with Gasteiger partial charge in [0, 0.05) is 0 Å². The molecule has 1 fully saturated rings. The lowest BCUT2D eigenvalue weighted by Gasteiger charge is -2.21. The summed E-state index contributed by atoms with van der Waals surface area (Å²) in [5, 5.41) is 3.31. The standard InChI is InChI=1S/C6H13NOS2/c9-10-8-5-6-1-3-7-4-2-6/h6-7,9H,1-5H2. The van der Waals surface area contributed by atoms with Crippen LogP contribution in [0.15, 0.2) is 0 Å². The van der Waals surface area contributed by atoms with Crippen molar-refractivity contribution in [2.75, 3.05) is 19.7 Å². The third kappa shape index (κ3) is 3.14. The molecule has 0 saturated carbocycles. The Bertz CT molecular complexity index is 85.8. The van der Waals surface area contributed by atoms with Crippen LogP contribution in [0.2, 0.25) is 0 Å².